The van der Waals surface area contributed by atoms with E-state index in [-0.39, 0.29) is 42.3 Å². The minimum atomic E-state index is -4.45. The molecule has 0 unspecified atom stereocenters. The number of furan rings is 1. The topological polar surface area (TPSA) is 111 Å². The summed E-state index contributed by atoms with van der Waals surface area (Å²) in [5.74, 6) is -1.13. The molecule has 0 fully saturated rings. The van der Waals surface area contributed by atoms with Crippen LogP contribution in [0.3, 0.4) is 0 Å². The molecule has 0 bridgehead atoms. The molecule has 1 rings (SSSR count). The van der Waals surface area contributed by atoms with Crippen LogP contribution in [0, 0.1) is 0 Å². The van der Waals surface area contributed by atoms with E-state index in [4.69, 9.17) is 14.7 Å². The van der Waals surface area contributed by atoms with Gasteiger partial charge in [-0.05, 0) is 18.9 Å². The van der Waals surface area contributed by atoms with Gasteiger partial charge in [0.2, 0.25) is 5.09 Å². The van der Waals surface area contributed by atoms with Crippen molar-refractivity contribution in [2.24, 2.45) is 5.73 Å². The zero-order chi connectivity index (χ0) is 12.3. The van der Waals surface area contributed by atoms with E-state index in [0.717, 1.165) is 12.8 Å². The summed E-state index contributed by atoms with van der Waals surface area (Å²) >= 11 is 0. The van der Waals surface area contributed by atoms with Crippen molar-refractivity contribution in [3.8, 4) is 0 Å². The van der Waals surface area contributed by atoms with Crippen LogP contribution in [0.15, 0.2) is 15.6 Å². The Kier molecular flexibility index (Phi) is 6.42. The SMILES string of the molecule is CCCCc1cc(C(N)=O)oc1S(=O)(=O)O.[H-].[Na+]. The number of aryl methyl sites for hydroxylation is 1. The molecule has 0 atom stereocenters. The summed E-state index contributed by atoms with van der Waals surface area (Å²) in [4.78, 5) is 10.8. The largest absolute Gasteiger partial charge is 1.00 e. The fraction of sp³-hybridized carbons (Fsp3) is 0.444. The van der Waals surface area contributed by atoms with E-state index >= 15 is 0 Å². The Morgan fingerprint density at radius 2 is 2.18 bits per heavy atom. The van der Waals surface area contributed by atoms with Gasteiger partial charge in [0, 0.05) is 5.56 Å². The predicted octanol–water partition coefficient (Wildman–Crippen LogP) is -1.92. The van der Waals surface area contributed by atoms with Gasteiger partial charge in [-0.1, -0.05) is 13.3 Å². The van der Waals surface area contributed by atoms with Crippen LogP contribution < -0.4 is 35.3 Å². The van der Waals surface area contributed by atoms with Gasteiger partial charge in [0.25, 0.3) is 5.91 Å². The second-order valence-corrected chi connectivity index (χ2v) is 4.69. The minimum Gasteiger partial charge on any atom is -1.00 e. The fourth-order valence-corrected chi connectivity index (χ4v) is 1.98. The number of amides is 1. The van der Waals surface area contributed by atoms with Gasteiger partial charge in [-0.2, -0.15) is 8.42 Å². The molecule has 1 heterocycles. The van der Waals surface area contributed by atoms with Gasteiger partial charge in [-0.15, -0.1) is 0 Å². The van der Waals surface area contributed by atoms with E-state index in [0.29, 0.717) is 6.42 Å². The molecule has 1 aromatic heterocycles. The van der Waals surface area contributed by atoms with Gasteiger partial charge in [0.15, 0.2) is 5.76 Å². The monoisotopic (exact) mass is 271 g/mol. The maximum Gasteiger partial charge on any atom is 1.00 e. The number of carbonyl (C=O) groups excluding carboxylic acids is 1. The van der Waals surface area contributed by atoms with Gasteiger partial charge in [0.1, 0.15) is 0 Å². The van der Waals surface area contributed by atoms with Gasteiger partial charge in [-0.3, -0.25) is 9.35 Å². The molecule has 0 aliphatic rings. The number of primary amides is 1. The van der Waals surface area contributed by atoms with Gasteiger partial charge < -0.3 is 11.6 Å². The van der Waals surface area contributed by atoms with Crippen LogP contribution in [0.1, 0.15) is 37.3 Å². The Hall–Kier alpha value is -0.340. The standard InChI is InChI=1S/C9H13NO5S.Na.H/c1-2-3-4-6-5-7(8(10)11)15-9(6)16(12,13)14;;/h5H,2-4H2,1H3,(H2,10,11)(H,12,13,14);;/q;+1;-1. The first-order chi connectivity index (χ1) is 7.36. The zero-order valence-corrected chi connectivity index (χ0v) is 12.6. The number of carbonyl (C=O) groups is 1. The van der Waals surface area contributed by atoms with E-state index in [1.807, 2.05) is 6.92 Å². The third-order valence-electron chi connectivity index (χ3n) is 2.05. The van der Waals surface area contributed by atoms with Crippen molar-refractivity contribution in [3.63, 3.8) is 0 Å². The van der Waals surface area contributed by atoms with Crippen molar-refractivity contribution in [2.45, 2.75) is 31.3 Å². The van der Waals surface area contributed by atoms with Crippen molar-refractivity contribution in [3.05, 3.63) is 17.4 Å². The summed E-state index contributed by atoms with van der Waals surface area (Å²) in [5.41, 5.74) is 5.23. The summed E-state index contributed by atoms with van der Waals surface area (Å²) in [6.45, 7) is 1.93. The maximum atomic E-state index is 11.0. The van der Waals surface area contributed by atoms with E-state index in [1.54, 1.807) is 0 Å². The first-order valence-electron chi connectivity index (χ1n) is 4.76. The molecule has 1 aromatic rings. The van der Waals surface area contributed by atoms with Crippen LogP contribution in [0.25, 0.3) is 0 Å². The van der Waals surface area contributed by atoms with Crippen LogP contribution >= 0.6 is 0 Å². The quantitative estimate of drug-likeness (QED) is 0.479. The molecule has 0 saturated carbocycles. The van der Waals surface area contributed by atoms with E-state index in [2.05, 4.69) is 0 Å². The number of unbranched alkanes of at least 4 members (excludes halogenated alkanes) is 1. The van der Waals surface area contributed by atoms with Crippen LogP contribution in [-0.2, 0) is 16.5 Å². The second kappa shape index (κ2) is 6.55. The summed E-state index contributed by atoms with van der Waals surface area (Å²) in [6, 6.07) is 1.25. The molecule has 0 aliphatic heterocycles. The van der Waals surface area contributed by atoms with E-state index < -0.39 is 21.1 Å². The Morgan fingerprint density at radius 3 is 2.59 bits per heavy atom. The normalized spacial score (nSPS) is 10.9. The molecule has 0 saturated heterocycles. The van der Waals surface area contributed by atoms with Crippen LogP contribution in [-0.4, -0.2) is 18.9 Å². The number of nitrogens with two attached hydrogens (primary N) is 1. The summed E-state index contributed by atoms with van der Waals surface area (Å²) in [5, 5.41) is -0.588. The second-order valence-electron chi connectivity index (χ2n) is 3.37. The molecule has 8 heteroatoms. The van der Waals surface area contributed by atoms with Gasteiger partial charge in [-0.25, -0.2) is 0 Å². The molecule has 0 aliphatic carbocycles. The Labute approximate surface area is 123 Å². The fourth-order valence-electron chi connectivity index (χ4n) is 1.29. The number of rotatable bonds is 5. The van der Waals surface area contributed by atoms with Crippen molar-refractivity contribution in [2.75, 3.05) is 0 Å². The van der Waals surface area contributed by atoms with Crippen LogP contribution in [0.4, 0.5) is 0 Å². The predicted molar refractivity (Wildman–Crippen MR) is 56.8 cm³/mol. The molecule has 0 spiro atoms. The van der Waals surface area contributed by atoms with E-state index in [1.165, 1.54) is 6.07 Å². The number of hydrogen-bond donors (Lipinski definition) is 2. The molecule has 0 radical (unpaired) electrons. The molecule has 1 amide bonds. The third kappa shape index (κ3) is 4.44. The van der Waals surface area contributed by atoms with Crippen LogP contribution in [0.5, 0.6) is 0 Å². The number of hydrogen-bond acceptors (Lipinski definition) is 4. The third-order valence-corrected chi connectivity index (χ3v) is 2.86. The molecular weight excluding hydrogens is 257 g/mol. The van der Waals surface area contributed by atoms with Crippen molar-refractivity contribution >= 4 is 16.0 Å². The molecule has 6 nitrogen and oxygen atoms in total. The van der Waals surface area contributed by atoms with Crippen molar-refractivity contribution < 1.29 is 53.2 Å². The van der Waals surface area contributed by atoms with Crippen LogP contribution in [0.2, 0.25) is 0 Å². The molecule has 0 aromatic carbocycles. The average molecular weight is 271 g/mol. The summed E-state index contributed by atoms with van der Waals surface area (Å²) in [6.07, 6.45) is 1.98. The molecule has 92 valence electrons. The Morgan fingerprint density at radius 1 is 1.59 bits per heavy atom. The molecular formula is C9H14NNaO5S. The average Bonchev–Trinajstić information content (AvgIpc) is 2.57. The van der Waals surface area contributed by atoms with Crippen molar-refractivity contribution in [1.82, 2.24) is 0 Å². The minimum absolute atomic E-state index is 0. The first kappa shape index (κ1) is 16.7. The van der Waals surface area contributed by atoms with Crippen molar-refractivity contribution in [1.29, 1.82) is 0 Å². The Balaban J connectivity index is 0. The Bertz CT molecular complexity index is 499. The molecule has 3 N–H and O–H groups in total. The summed E-state index contributed by atoms with van der Waals surface area (Å²) in [7, 11) is -4.45. The first-order valence-corrected chi connectivity index (χ1v) is 6.20. The molecule has 17 heavy (non-hydrogen) atoms. The smallest absolute Gasteiger partial charge is 1.00 e. The van der Waals surface area contributed by atoms with Gasteiger partial charge >= 0.3 is 39.7 Å². The summed E-state index contributed by atoms with van der Waals surface area (Å²) < 4.78 is 35.5. The zero-order valence-electron chi connectivity index (χ0n) is 10.8. The maximum absolute atomic E-state index is 11.0. The van der Waals surface area contributed by atoms with Gasteiger partial charge in [0.05, 0.1) is 0 Å². The van der Waals surface area contributed by atoms with E-state index in [9.17, 15) is 13.2 Å².